The summed E-state index contributed by atoms with van der Waals surface area (Å²) in [6, 6.07) is 11.5. The number of nitrogens with one attached hydrogen (secondary N) is 1. The van der Waals surface area contributed by atoms with Crippen molar-refractivity contribution in [2.45, 2.75) is 0 Å². The molecule has 0 spiro atoms. The van der Waals surface area contributed by atoms with Gasteiger partial charge in [-0.2, -0.15) is 5.26 Å². The molecule has 2 aromatic rings. The Balaban J connectivity index is 2.53. The lowest BCUT2D eigenvalue weighted by atomic mass is 10.1. The molecule has 0 fully saturated rings. The first kappa shape index (κ1) is 14.2. The smallest absolute Gasteiger partial charge is 0.337 e. The van der Waals surface area contributed by atoms with Crippen molar-refractivity contribution in [3.05, 3.63) is 47.5 Å². The average molecular weight is 283 g/mol. The first-order valence-corrected chi connectivity index (χ1v) is 6.03. The summed E-state index contributed by atoms with van der Waals surface area (Å²) in [5.74, 6) is -0.666. The fourth-order valence-electron chi connectivity index (χ4n) is 1.91. The van der Waals surface area contributed by atoms with Gasteiger partial charge >= 0.3 is 5.97 Å². The van der Waals surface area contributed by atoms with Gasteiger partial charge in [0.2, 0.25) is 0 Å². The third-order valence-corrected chi connectivity index (χ3v) is 2.90. The molecule has 2 rings (SSSR count). The maximum Gasteiger partial charge on any atom is 0.337 e. The molecule has 0 amide bonds. The topological polar surface area (TPSA) is 108 Å². The summed E-state index contributed by atoms with van der Waals surface area (Å²) in [6.07, 6.45) is 0. The van der Waals surface area contributed by atoms with Gasteiger partial charge in [-0.15, -0.1) is 0 Å². The number of carboxylic acid groups (broad SMARTS) is 1. The fraction of sp³-hybridized carbons (Fsp3) is 0.0667. The number of methoxy groups -OCH3 is 1. The van der Waals surface area contributed by atoms with Gasteiger partial charge in [0.05, 0.1) is 29.6 Å². The first-order chi connectivity index (χ1) is 10.1. The van der Waals surface area contributed by atoms with Gasteiger partial charge in [-0.05, 0) is 30.3 Å². The van der Waals surface area contributed by atoms with Gasteiger partial charge in [-0.1, -0.05) is 6.07 Å². The number of para-hydroxylation sites is 1. The molecule has 21 heavy (non-hydrogen) atoms. The number of benzene rings is 2. The molecule has 0 aromatic heterocycles. The third-order valence-electron chi connectivity index (χ3n) is 2.90. The maximum atomic E-state index is 11.3. The Bertz CT molecular complexity index is 735. The van der Waals surface area contributed by atoms with E-state index < -0.39 is 5.97 Å². The molecule has 4 N–H and O–H groups in total. The summed E-state index contributed by atoms with van der Waals surface area (Å²) in [5.41, 5.74) is 7.06. The number of rotatable bonds is 4. The minimum Gasteiger partial charge on any atom is -0.495 e. The van der Waals surface area contributed by atoms with Crippen molar-refractivity contribution in [3.63, 3.8) is 0 Å². The van der Waals surface area contributed by atoms with Crippen molar-refractivity contribution < 1.29 is 14.6 Å². The van der Waals surface area contributed by atoms with E-state index >= 15 is 0 Å². The van der Waals surface area contributed by atoms with Crippen molar-refractivity contribution in [2.24, 2.45) is 0 Å². The highest BCUT2D eigenvalue weighted by Crippen LogP contribution is 2.32. The number of nitriles is 1. The quantitative estimate of drug-likeness (QED) is 0.744. The molecular weight excluding hydrogens is 270 g/mol. The van der Waals surface area contributed by atoms with Crippen molar-refractivity contribution in [1.82, 2.24) is 0 Å². The number of nitrogens with two attached hydrogens (primary N) is 1. The highest BCUT2D eigenvalue weighted by Gasteiger charge is 2.14. The number of nitrogens with zero attached hydrogens (tertiary/aromatic N) is 1. The lowest BCUT2D eigenvalue weighted by Gasteiger charge is -2.14. The van der Waals surface area contributed by atoms with Gasteiger partial charge in [0.15, 0.2) is 0 Å². The van der Waals surface area contributed by atoms with Crippen LogP contribution < -0.4 is 15.8 Å². The second kappa shape index (κ2) is 5.84. The van der Waals surface area contributed by atoms with E-state index in [9.17, 15) is 9.90 Å². The molecule has 106 valence electrons. The summed E-state index contributed by atoms with van der Waals surface area (Å²) < 4.78 is 5.20. The van der Waals surface area contributed by atoms with Crippen molar-refractivity contribution in [3.8, 4) is 11.8 Å². The Morgan fingerprint density at radius 3 is 2.76 bits per heavy atom. The minimum absolute atomic E-state index is 0.0183. The molecule has 0 bridgehead atoms. The van der Waals surface area contributed by atoms with E-state index in [1.54, 1.807) is 30.3 Å². The van der Waals surface area contributed by atoms with Gasteiger partial charge in [0.1, 0.15) is 11.8 Å². The van der Waals surface area contributed by atoms with Crippen LogP contribution in [0.15, 0.2) is 36.4 Å². The minimum atomic E-state index is -1.11. The van der Waals surface area contributed by atoms with Gasteiger partial charge in [-0.25, -0.2) is 4.79 Å². The van der Waals surface area contributed by atoms with Crippen LogP contribution in [0.3, 0.4) is 0 Å². The molecule has 0 radical (unpaired) electrons. The van der Waals surface area contributed by atoms with Crippen molar-refractivity contribution in [2.75, 3.05) is 18.2 Å². The van der Waals surface area contributed by atoms with Crippen LogP contribution in [-0.4, -0.2) is 18.2 Å². The largest absolute Gasteiger partial charge is 0.495 e. The predicted octanol–water partition coefficient (Wildman–Crippen LogP) is 2.59. The number of nitrogen functional groups attached to an aromatic ring is 1. The molecule has 0 aliphatic heterocycles. The fourth-order valence-corrected chi connectivity index (χ4v) is 1.91. The van der Waals surface area contributed by atoms with Crippen LogP contribution in [0.2, 0.25) is 0 Å². The highest BCUT2D eigenvalue weighted by atomic mass is 16.5. The molecule has 2 aromatic carbocycles. The first-order valence-electron chi connectivity index (χ1n) is 6.03. The Morgan fingerprint density at radius 1 is 1.38 bits per heavy atom. The van der Waals surface area contributed by atoms with E-state index in [0.717, 1.165) is 0 Å². The Labute approximate surface area is 121 Å². The molecule has 6 nitrogen and oxygen atoms in total. The van der Waals surface area contributed by atoms with Crippen LogP contribution in [0.25, 0.3) is 0 Å². The number of hydrogen-bond acceptors (Lipinski definition) is 5. The lowest BCUT2D eigenvalue weighted by Crippen LogP contribution is -2.05. The Hall–Kier alpha value is -3.20. The van der Waals surface area contributed by atoms with Crippen LogP contribution in [0.4, 0.5) is 17.1 Å². The van der Waals surface area contributed by atoms with Gasteiger partial charge in [-0.3, -0.25) is 0 Å². The average Bonchev–Trinajstić information content (AvgIpc) is 2.48. The second-order valence-corrected chi connectivity index (χ2v) is 4.23. The Kier molecular flexibility index (Phi) is 3.95. The normalized spacial score (nSPS) is 9.71. The van der Waals surface area contributed by atoms with Crippen LogP contribution in [0, 0.1) is 11.3 Å². The van der Waals surface area contributed by atoms with Crippen LogP contribution in [0.5, 0.6) is 5.75 Å². The number of carbonyl (C=O) groups is 1. The molecule has 0 unspecified atom stereocenters. The van der Waals surface area contributed by atoms with Crippen molar-refractivity contribution in [1.29, 1.82) is 5.26 Å². The molecule has 0 saturated carbocycles. The van der Waals surface area contributed by atoms with E-state index in [1.165, 1.54) is 13.2 Å². The molecule has 0 atom stereocenters. The van der Waals surface area contributed by atoms with Crippen LogP contribution in [0.1, 0.15) is 15.9 Å². The molecule has 6 heteroatoms. The molecule has 0 aliphatic rings. The zero-order valence-corrected chi connectivity index (χ0v) is 11.3. The molecule has 0 saturated heterocycles. The van der Waals surface area contributed by atoms with E-state index in [0.29, 0.717) is 28.4 Å². The zero-order chi connectivity index (χ0) is 15.4. The second-order valence-electron chi connectivity index (χ2n) is 4.23. The SMILES string of the molecule is COc1cccc(C#N)c1Nc1ccc(N)cc1C(=O)O. The van der Waals surface area contributed by atoms with E-state index in [-0.39, 0.29) is 5.56 Å². The maximum absolute atomic E-state index is 11.3. The van der Waals surface area contributed by atoms with Crippen LogP contribution in [-0.2, 0) is 0 Å². The summed E-state index contributed by atoms with van der Waals surface area (Å²) in [5, 5.41) is 21.3. The summed E-state index contributed by atoms with van der Waals surface area (Å²) in [7, 11) is 1.47. The number of aromatic carboxylic acids is 1. The van der Waals surface area contributed by atoms with Crippen molar-refractivity contribution >= 4 is 23.0 Å². The summed E-state index contributed by atoms with van der Waals surface area (Å²) >= 11 is 0. The molecule has 0 heterocycles. The number of carboxylic acids is 1. The lowest BCUT2D eigenvalue weighted by molar-refractivity contribution is 0.0698. The van der Waals surface area contributed by atoms with E-state index in [2.05, 4.69) is 5.32 Å². The molecule has 0 aliphatic carbocycles. The Morgan fingerprint density at radius 2 is 2.14 bits per heavy atom. The van der Waals surface area contributed by atoms with E-state index in [1.807, 2.05) is 6.07 Å². The number of ether oxygens (including phenoxy) is 1. The van der Waals surface area contributed by atoms with Gasteiger partial charge < -0.3 is 20.9 Å². The number of anilines is 3. The van der Waals surface area contributed by atoms with E-state index in [4.69, 9.17) is 15.7 Å². The van der Waals surface area contributed by atoms with Gasteiger partial charge in [0, 0.05) is 5.69 Å². The molecular formula is C15H13N3O3. The monoisotopic (exact) mass is 283 g/mol. The number of hydrogen-bond donors (Lipinski definition) is 3. The zero-order valence-electron chi connectivity index (χ0n) is 11.3. The van der Waals surface area contributed by atoms with Crippen LogP contribution >= 0.6 is 0 Å². The highest BCUT2D eigenvalue weighted by molar-refractivity contribution is 5.96. The third kappa shape index (κ3) is 2.87. The van der Waals surface area contributed by atoms with Gasteiger partial charge in [0.25, 0.3) is 0 Å². The predicted molar refractivity (Wildman–Crippen MR) is 78.8 cm³/mol. The summed E-state index contributed by atoms with van der Waals surface area (Å²) in [6.45, 7) is 0. The standard InChI is InChI=1S/C15H13N3O3/c1-21-13-4-2-3-9(8-16)14(13)18-12-6-5-10(17)7-11(12)15(19)20/h2-7,18H,17H2,1H3,(H,19,20). The summed E-state index contributed by atoms with van der Waals surface area (Å²) in [4.78, 5) is 11.3.